The fourth-order valence-corrected chi connectivity index (χ4v) is 2.34. The highest BCUT2D eigenvalue weighted by Crippen LogP contribution is 2.04. The number of nitrogens with one attached hydrogen (secondary N) is 2. The van der Waals surface area contributed by atoms with Crippen LogP contribution in [0.25, 0.3) is 0 Å². The smallest absolute Gasteiger partial charge is 0.326 e. The molecule has 3 atom stereocenters. The van der Waals surface area contributed by atoms with Crippen LogP contribution in [0, 0.1) is 0 Å². The second kappa shape index (κ2) is 14.1. The average Bonchev–Trinajstić information content (AvgIpc) is 2.64. The number of aliphatic imine (C=N–C) groups is 1. The van der Waals surface area contributed by atoms with Gasteiger partial charge in [-0.1, -0.05) is 0 Å². The van der Waals surface area contributed by atoms with Crippen LogP contribution in [0.3, 0.4) is 0 Å². The molecule has 0 unspecified atom stereocenters. The molecule has 166 valence electrons. The lowest BCUT2D eigenvalue weighted by Crippen LogP contribution is -2.54. The van der Waals surface area contributed by atoms with Crippen molar-refractivity contribution in [2.75, 3.05) is 13.1 Å². The number of hydrogen-bond donors (Lipinski definition) is 8. The molecule has 0 radical (unpaired) electrons. The third-order valence-electron chi connectivity index (χ3n) is 3.93. The van der Waals surface area contributed by atoms with E-state index in [1.807, 2.05) is 0 Å². The third kappa shape index (κ3) is 12.2. The standard InChI is InChI=1S/C16H32N8O5/c17-7-1-3-9(18)13(26)23-10(5-6-12(19)25)14(27)24-11(15(28)29)4-2-8-22-16(20)21/h9-11H,1-8,17-18H2,(H2,19,25)(H,23,26)(H,24,27)(H,28,29)(H4,20,21,22)/t9-,10-,11-/m0/s1. The summed E-state index contributed by atoms with van der Waals surface area (Å²) in [6.45, 7) is 0.548. The number of hydrogen-bond acceptors (Lipinski definition) is 7. The number of nitrogens with zero attached hydrogens (tertiary/aromatic N) is 1. The maximum Gasteiger partial charge on any atom is 0.326 e. The van der Waals surface area contributed by atoms with Crippen molar-refractivity contribution in [3.8, 4) is 0 Å². The van der Waals surface area contributed by atoms with Crippen LogP contribution >= 0.6 is 0 Å². The van der Waals surface area contributed by atoms with E-state index in [0.29, 0.717) is 25.8 Å². The number of nitrogens with two attached hydrogens (primary N) is 5. The number of amides is 3. The maximum absolute atomic E-state index is 12.5. The van der Waals surface area contributed by atoms with E-state index < -0.39 is 41.8 Å². The summed E-state index contributed by atoms with van der Waals surface area (Å²) in [4.78, 5) is 50.9. The lowest BCUT2D eigenvalue weighted by atomic mass is 10.1. The molecule has 0 aromatic rings. The molecule has 13 heteroatoms. The molecule has 13 N–H and O–H groups in total. The van der Waals surface area contributed by atoms with Crippen molar-refractivity contribution in [1.82, 2.24) is 10.6 Å². The number of carboxylic acids is 1. The van der Waals surface area contributed by atoms with Crippen molar-refractivity contribution in [2.45, 2.75) is 56.7 Å². The van der Waals surface area contributed by atoms with Gasteiger partial charge in [0, 0.05) is 13.0 Å². The highest BCUT2D eigenvalue weighted by Gasteiger charge is 2.27. The van der Waals surface area contributed by atoms with E-state index in [1.54, 1.807) is 0 Å². The van der Waals surface area contributed by atoms with Gasteiger partial charge in [-0.25, -0.2) is 4.79 Å². The highest BCUT2D eigenvalue weighted by atomic mass is 16.4. The van der Waals surface area contributed by atoms with Crippen molar-refractivity contribution in [2.24, 2.45) is 33.7 Å². The largest absolute Gasteiger partial charge is 0.480 e. The first kappa shape index (κ1) is 26.1. The van der Waals surface area contributed by atoms with Gasteiger partial charge in [0.05, 0.1) is 6.04 Å². The monoisotopic (exact) mass is 416 g/mol. The van der Waals surface area contributed by atoms with E-state index in [2.05, 4.69) is 15.6 Å². The zero-order valence-electron chi connectivity index (χ0n) is 16.3. The molecule has 13 nitrogen and oxygen atoms in total. The predicted octanol–water partition coefficient (Wildman–Crippen LogP) is -3.57. The molecule has 29 heavy (non-hydrogen) atoms. The van der Waals surface area contributed by atoms with Crippen LogP contribution in [-0.2, 0) is 19.2 Å². The first-order valence-electron chi connectivity index (χ1n) is 9.21. The summed E-state index contributed by atoms with van der Waals surface area (Å²) >= 11 is 0. The quantitative estimate of drug-likeness (QED) is 0.0744. The van der Waals surface area contributed by atoms with E-state index in [9.17, 15) is 24.3 Å². The van der Waals surface area contributed by atoms with Crippen LogP contribution in [0.5, 0.6) is 0 Å². The Kier molecular flexibility index (Phi) is 12.7. The summed E-state index contributed by atoms with van der Waals surface area (Å²) in [7, 11) is 0. The molecule has 0 rings (SSSR count). The van der Waals surface area contributed by atoms with Gasteiger partial charge in [-0.05, 0) is 38.6 Å². The molecular formula is C16H32N8O5. The highest BCUT2D eigenvalue weighted by molar-refractivity contribution is 5.92. The van der Waals surface area contributed by atoms with Gasteiger partial charge < -0.3 is 44.4 Å². The number of rotatable bonds is 15. The maximum atomic E-state index is 12.5. The molecule has 0 saturated carbocycles. The van der Waals surface area contributed by atoms with Gasteiger partial charge in [-0.3, -0.25) is 19.4 Å². The molecule has 0 heterocycles. The summed E-state index contributed by atoms with van der Waals surface area (Å²) < 4.78 is 0. The van der Waals surface area contributed by atoms with Crippen LogP contribution in [0.4, 0.5) is 0 Å². The Hall–Kier alpha value is -2.93. The fourth-order valence-electron chi connectivity index (χ4n) is 2.34. The average molecular weight is 416 g/mol. The number of aliphatic carboxylic acids is 1. The first-order valence-corrected chi connectivity index (χ1v) is 9.21. The summed E-state index contributed by atoms with van der Waals surface area (Å²) in [5, 5.41) is 14.1. The summed E-state index contributed by atoms with van der Waals surface area (Å²) in [6, 6.07) is -3.29. The van der Waals surface area contributed by atoms with E-state index in [-0.39, 0.29) is 31.8 Å². The molecule has 0 aromatic heterocycles. The third-order valence-corrected chi connectivity index (χ3v) is 3.93. The Bertz CT molecular complexity index is 594. The first-order chi connectivity index (χ1) is 13.6. The minimum Gasteiger partial charge on any atom is -0.480 e. The summed E-state index contributed by atoms with van der Waals surface area (Å²) in [5.74, 6) is -3.43. The molecule has 0 aromatic carbocycles. The molecule has 0 aliphatic carbocycles. The number of carbonyl (C=O) groups excluding carboxylic acids is 3. The molecule has 0 aliphatic heterocycles. The molecule has 3 amide bonds. The Morgan fingerprint density at radius 1 is 0.897 bits per heavy atom. The Morgan fingerprint density at radius 2 is 1.52 bits per heavy atom. The van der Waals surface area contributed by atoms with E-state index in [0.717, 1.165) is 0 Å². The Labute approximate surface area is 168 Å². The van der Waals surface area contributed by atoms with Gasteiger partial charge in [-0.15, -0.1) is 0 Å². The summed E-state index contributed by atoms with van der Waals surface area (Å²) in [5.41, 5.74) is 26.6. The Balaban J connectivity index is 5.00. The van der Waals surface area contributed by atoms with Crippen molar-refractivity contribution in [3.63, 3.8) is 0 Å². The van der Waals surface area contributed by atoms with Crippen LogP contribution in [0.1, 0.15) is 38.5 Å². The van der Waals surface area contributed by atoms with Gasteiger partial charge in [0.15, 0.2) is 5.96 Å². The van der Waals surface area contributed by atoms with E-state index in [1.165, 1.54) is 0 Å². The van der Waals surface area contributed by atoms with Gasteiger partial charge in [0.25, 0.3) is 0 Å². The van der Waals surface area contributed by atoms with Crippen LogP contribution in [0.2, 0.25) is 0 Å². The lowest BCUT2D eigenvalue weighted by molar-refractivity contribution is -0.142. The van der Waals surface area contributed by atoms with Crippen molar-refractivity contribution in [1.29, 1.82) is 0 Å². The van der Waals surface area contributed by atoms with Crippen molar-refractivity contribution in [3.05, 3.63) is 0 Å². The Morgan fingerprint density at radius 3 is 2.03 bits per heavy atom. The molecule has 0 aliphatic rings. The normalized spacial score (nSPS) is 13.6. The zero-order valence-corrected chi connectivity index (χ0v) is 16.3. The molecular weight excluding hydrogens is 384 g/mol. The second-order valence-electron chi connectivity index (χ2n) is 6.45. The van der Waals surface area contributed by atoms with E-state index in [4.69, 9.17) is 28.7 Å². The number of guanidine groups is 1. The minimum absolute atomic E-state index is 0.0599. The lowest BCUT2D eigenvalue weighted by Gasteiger charge is -2.22. The number of carbonyl (C=O) groups is 4. The molecule has 0 spiro atoms. The van der Waals surface area contributed by atoms with Gasteiger partial charge in [-0.2, -0.15) is 0 Å². The topological polar surface area (TPSA) is 255 Å². The number of primary amides is 1. The summed E-state index contributed by atoms with van der Waals surface area (Å²) in [6.07, 6.45) is 0.913. The van der Waals surface area contributed by atoms with E-state index >= 15 is 0 Å². The number of carboxylic acid groups (broad SMARTS) is 1. The molecule has 0 bridgehead atoms. The molecule has 0 fully saturated rings. The zero-order chi connectivity index (χ0) is 22.4. The molecule has 0 saturated heterocycles. The van der Waals surface area contributed by atoms with Crippen LogP contribution in [0.15, 0.2) is 4.99 Å². The predicted molar refractivity (Wildman–Crippen MR) is 106 cm³/mol. The van der Waals surface area contributed by atoms with Gasteiger partial charge in [0.1, 0.15) is 12.1 Å². The van der Waals surface area contributed by atoms with Crippen molar-refractivity contribution < 1.29 is 24.3 Å². The van der Waals surface area contributed by atoms with Crippen LogP contribution in [-0.4, -0.2) is 66.0 Å². The van der Waals surface area contributed by atoms with Gasteiger partial charge in [0.2, 0.25) is 17.7 Å². The van der Waals surface area contributed by atoms with Crippen LogP contribution < -0.4 is 39.3 Å². The van der Waals surface area contributed by atoms with Gasteiger partial charge >= 0.3 is 5.97 Å². The second-order valence-corrected chi connectivity index (χ2v) is 6.45. The SMILES string of the molecule is NCCC[C@H](N)C(=O)N[C@@H](CCC(N)=O)C(=O)N[C@@H](CCCN=C(N)N)C(=O)O. The van der Waals surface area contributed by atoms with Crippen molar-refractivity contribution >= 4 is 29.7 Å². The minimum atomic E-state index is -1.26. The fraction of sp³-hybridized carbons (Fsp3) is 0.688.